The van der Waals surface area contributed by atoms with E-state index in [1.165, 1.54) is 15.9 Å². The Morgan fingerprint density at radius 2 is 2.27 bits per heavy atom. The van der Waals surface area contributed by atoms with Gasteiger partial charge in [-0.3, -0.25) is 13.9 Å². The van der Waals surface area contributed by atoms with Crippen LogP contribution in [0.15, 0.2) is 37.4 Å². The van der Waals surface area contributed by atoms with Gasteiger partial charge < -0.3 is 9.84 Å². The minimum atomic E-state index is -0.589. The van der Waals surface area contributed by atoms with Crippen molar-refractivity contribution in [3.63, 3.8) is 0 Å². The van der Waals surface area contributed by atoms with Gasteiger partial charge in [0.2, 0.25) is 5.91 Å². The molecule has 0 atom stereocenters. The van der Waals surface area contributed by atoms with Gasteiger partial charge in [0.25, 0.3) is 0 Å². The highest BCUT2D eigenvalue weighted by Crippen LogP contribution is 2.21. The maximum Gasteiger partial charge on any atom is 0.441 e. The molecule has 0 fully saturated rings. The van der Waals surface area contributed by atoms with Crippen molar-refractivity contribution in [2.45, 2.75) is 19.9 Å². The van der Waals surface area contributed by atoms with E-state index < -0.39 is 5.76 Å². The van der Waals surface area contributed by atoms with E-state index in [1.54, 1.807) is 13.0 Å². The molecule has 9 heteroatoms. The van der Waals surface area contributed by atoms with E-state index >= 15 is 0 Å². The first-order valence-electron chi connectivity index (χ1n) is 6.47. The molecule has 3 heterocycles. The van der Waals surface area contributed by atoms with E-state index in [-0.39, 0.29) is 18.9 Å². The zero-order valence-electron chi connectivity index (χ0n) is 11.6. The molecule has 22 heavy (non-hydrogen) atoms. The van der Waals surface area contributed by atoms with Gasteiger partial charge in [0, 0.05) is 19.0 Å². The molecule has 114 valence electrons. The fourth-order valence-electron chi connectivity index (χ4n) is 1.89. The highest BCUT2D eigenvalue weighted by atomic mass is 32.1. The molecule has 1 N–H and O–H groups in total. The molecular formula is C13H12N4O4S. The Hall–Kier alpha value is -2.68. The van der Waals surface area contributed by atoms with E-state index in [0.717, 1.165) is 4.88 Å². The number of nitrogens with one attached hydrogen (secondary N) is 1. The first-order valence-corrected chi connectivity index (χ1v) is 7.35. The fraction of sp³-hybridized carbons (Fsp3) is 0.231. The smallest absolute Gasteiger partial charge is 0.360 e. The summed E-state index contributed by atoms with van der Waals surface area (Å²) < 4.78 is 10.9. The van der Waals surface area contributed by atoms with E-state index in [1.807, 2.05) is 17.5 Å². The number of nitrogens with zero attached hydrogens (tertiary/aromatic N) is 3. The number of rotatable bonds is 5. The van der Waals surface area contributed by atoms with Gasteiger partial charge in [0.15, 0.2) is 11.6 Å². The molecule has 0 aliphatic rings. The monoisotopic (exact) mass is 320 g/mol. The average molecular weight is 320 g/mol. The summed E-state index contributed by atoms with van der Waals surface area (Å²) in [6.07, 6.45) is 0.0887. The van der Waals surface area contributed by atoms with E-state index in [9.17, 15) is 9.59 Å². The minimum Gasteiger partial charge on any atom is -0.360 e. The Labute approximate surface area is 128 Å². The largest absolute Gasteiger partial charge is 0.441 e. The Bertz CT molecular complexity index is 830. The number of carbonyl (C=O) groups excluding carboxylic acids is 1. The van der Waals surface area contributed by atoms with Crippen LogP contribution in [0.2, 0.25) is 0 Å². The number of aromatic nitrogens is 3. The topological polar surface area (TPSA) is 103 Å². The zero-order chi connectivity index (χ0) is 15.5. The highest BCUT2D eigenvalue weighted by Gasteiger charge is 2.15. The molecule has 0 aromatic carbocycles. The van der Waals surface area contributed by atoms with E-state index in [0.29, 0.717) is 17.4 Å². The molecule has 8 nitrogen and oxygen atoms in total. The van der Waals surface area contributed by atoms with Gasteiger partial charge in [-0.05, 0) is 18.4 Å². The Balaban J connectivity index is 1.68. The van der Waals surface area contributed by atoms with Crippen molar-refractivity contribution in [1.82, 2.24) is 14.9 Å². The first-order chi connectivity index (χ1) is 10.6. The summed E-state index contributed by atoms with van der Waals surface area (Å²) in [5.74, 6) is 0.501. The summed E-state index contributed by atoms with van der Waals surface area (Å²) in [5.41, 5.74) is 0. The SMILES string of the molecule is Cc1cc(NC(=O)CCn2c(-c3cccs3)noc2=O)no1. The molecule has 0 spiro atoms. The van der Waals surface area contributed by atoms with Gasteiger partial charge in [-0.25, -0.2) is 4.79 Å². The lowest BCUT2D eigenvalue weighted by Crippen LogP contribution is -2.20. The number of hydrogen-bond donors (Lipinski definition) is 1. The molecular weight excluding hydrogens is 308 g/mol. The predicted octanol–water partition coefficient (Wildman–Crippen LogP) is 1.89. The van der Waals surface area contributed by atoms with Crippen molar-refractivity contribution < 1.29 is 13.8 Å². The lowest BCUT2D eigenvalue weighted by atomic mass is 10.3. The van der Waals surface area contributed by atoms with Crippen molar-refractivity contribution >= 4 is 23.1 Å². The van der Waals surface area contributed by atoms with Gasteiger partial charge in [-0.1, -0.05) is 16.4 Å². The number of thiophene rings is 1. The molecule has 0 aliphatic heterocycles. The van der Waals surface area contributed by atoms with Crippen LogP contribution in [0.4, 0.5) is 5.82 Å². The van der Waals surface area contributed by atoms with Crippen molar-refractivity contribution in [1.29, 1.82) is 0 Å². The number of anilines is 1. The molecule has 3 aromatic rings. The van der Waals surface area contributed by atoms with Gasteiger partial charge in [0.05, 0.1) is 4.88 Å². The van der Waals surface area contributed by atoms with Crippen LogP contribution in [0.1, 0.15) is 12.2 Å². The standard InChI is InChI=1S/C13H12N4O4S/c1-8-7-10(15-20-8)14-11(18)4-5-17-12(16-21-13(17)19)9-3-2-6-22-9/h2-3,6-7H,4-5H2,1H3,(H,14,15,18). The van der Waals surface area contributed by atoms with Crippen LogP contribution < -0.4 is 11.1 Å². The predicted molar refractivity (Wildman–Crippen MR) is 78.6 cm³/mol. The lowest BCUT2D eigenvalue weighted by molar-refractivity contribution is -0.116. The van der Waals surface area contributed by atoms with Gasteiger partial charge >= 0.3 is 5.76 Å². The molecule has 0 saturated carbocycles. The summed E-state index contributed by atoms with van der Waals surface area (Å²) in [6, 6.07) is 5.29. The lowest BCUT2D eigenvalue weighted by Gasteiger charge is -2.03. The van der Waals surface area contributed by atoms with Gasteiger partial charge in [-0.15, -0.1) is 11.3 Å². The van der Waals surface area contributed by atoms with Crippen molar-refractivity contribution in [2.24, 2.45) is 0 Å². The molecule has 3 rings (SSSR count). The Morgan fingerprint density at radius 1 is 1.41 bits per heavy atom. The summed E-state index contributed by atoms with van der Waals surface area (Å²) in [7, 11) is 0. The van der Waals surface area contributed by atoms with Crippen LogP contribution in [-0.4, -0.2) is 20.8 Å². The Morgan fingerprint density at radius 3 is 2.95 bits per heavy atom. The van der Waals surface area contributed by atoms with Crippen molar-refractivity contribution in [3.05, 3.63) is 39.9 Å². The Kier molecular flexibility index (Phi) is 3.88. The average Bonchev–Trinajstić information content (AvgIpc) is 3.19. The van der Waals surface area contributed by atoms with E-state index in [2.05, 4.69) is 20.2 Å². The number of amides is 1. The van der Waals surface area contributed by atoms with Gasteiger partial charge in [-0.2, -0.15) is 0 Å². The first kappa shape index (κ1) is 14.3. The summed E-state index contributed by atoms with van der Waals surface area (Å²) in [6.45, 7) is 1.89. The highest BCUT2D eigenvalue weighted by molar-refractivity contribution is 7.13. The second-order valence-electron chi connectivity index (χ2n) is 4.52. The van der Waals surface area contributed by atoms with Crippen LogP contribution in [0.3, 0.4) is 0 Å². The third-order valence-electron chi connectivity index (χ3n) is 2.89. The van der Waals surface area contributed by atoms with Crippen molar-refractivity contribution in [2.75, 3.05) is 5.32 Å². The van der Waals surface area contributed by atoms with Gasteiger partial charge in [0.1, 0.15) is 5.76 Å². The quantitative estimate of drug-likeness (QED) is 0.770. The van der Waals surface area contributed by atoms with Crippen LogP contribution in [0.5, 0.6) is 0 Å². The summed E-state index contributed by atoms with van der Waals surface area (Å²) in [5, 5.41) is 11.9. The number of hydrogen-bond acceptors (Lipinski definition) is 7. The normalized spacial score (nSPS) is 10.8. The van der Waals surface area contributed by atoms with Crippen molar-refractivity contribution in [3.8, 4) is 10.7 Å². The van der Waals surface area contributed by atoms with Crippen LogP contribution >= 0.6 is 11.3 Å². The summed E-state index contributed by atoms with van der Waals surface area (Å²) >= 11 is 1.44. The molecule has 1 amide bonds. The van der Waals surface area contributed by atoms with Crippen LogP contribution in [0.25, 0.3) is 10.7 Å². The zero-order valence-corrected chi connectivity index (χ0v) is 12.4. The molecule has 0 saturated heterocycles. The maximum absolute atomic E-state index is 11.9. The van der Waals surface area contributed by atoms with Crippen LogP contribution in [-0.2, 0) is 11.3 Å². The summed E-state index contributed by atoms with van der Waals surface area (Å²) in [4.78, 5) is 24.4. The third-order valence-corrected chi connectivity index (χ3v) is 3.75. The van der Waals surface area contributed by atoms with Crippen LogP contribution in [0, 0.1) is 6.92 Å². The molecule has 0 unspecified atom stereocenters. The maximum atomic E-state index is 11.9. The third kappa shape index (κ3) is 2.98. The molecule has 0 aliphatic carbocycles. The molecule has 0 bridgehead atoms. The molecule has 0 radical (unpaired) electrons. The number of carbonyl (C=O) groups is 1. The molecule has 3 aromatic heterocycles. The fourth-order valence-corrected chi connectivity index (χ4v) is 2.61. The second kappa shape index (κ2) is 5.98. The minimum absolute atomic E-state index is 0.0887. The van der Waals surface area contributed by atoms with E-state index in [4.69, 9.17) is 4.52 Å². The number of aryl methyl sites for hydroxylation is 1. The second-order valence-corrected chi connectivity index (χ2v) is 5.47.